The second kappa shape index (κ2) is 12.1. The molecule has 0 N–H and O–H groups in total. The average Bonchev–Trinajstić information content (AvgIpc) is 3.88. The number of rotatable bonds is 6. The van der Waals surface area contributed by atoms with Crippen LogP contribution in [0.2, 0.25) is 0 Å². The Balaban J connectivity index is 1.18. The first-order chi connectivity index (χ1) is 25.9. The lowest BCUT2D eigenvalue weighted by atomic mass is 9.88. The fourth-order valence-electron chi connectivity index (χ4n) is 8.11. The smallest absolute Gasteiger partial charge is 0.149 e. The second-order valence-corrected chi connectivity index (χ2v) is 14.7. The number of furan rings is 2. The molecule has 0 saturated heterocycles. The first kappa shape index (κ1) is 31.4. The predicted octanol–water partition coefficient (Wildman–Crippen LogP) is 14.1. The standard InChI is InChI=1S/C49H38N2O2/c1-29(2)40-25-34(31-13-6-5-7-14-31)26-41(30(3)4)47(40)51-43-19-10-9-18-42(43)50-49(51)39-17-12-16-38-37-24-22-33(28-46(37)53-48(38)39)32-21-23-36-35-15-8-11-20-44(35)52-45(36)27-32/h5-30H,1-4H3. The zero-order valence-electron chi connectivity index (χ0n) is 30.2. The zero-order valence-corrected chi connectivity index (χ0v) is 30.2. The molecule has 0 bridgehead atoms. The van der Waals surface area contributed by atoms with Crippen LogP contribution in [0.1, 0.15) is 50.7 Å². The predicted molar refractivity (Wildman–Crippen MR) is 220 cm³/mol. The molecule has 0 atom stereocenters. The number of hydrogen-bond donors (Lipinski definition) is 0. The lowest BCUT2D eigenvalue weighted by Crippen LogP contribution is -2.09. The number of aromatic nitrogens is 2. The summed E-state index contributed by atoms with van der Waals surface area (Å²) in [6.07, 6.45) is 0. The summed E-state index contributed by atoms with van der Waals surface area (Å²) in [6, 6.07) is 51.6. The molecule has 10 aromatic rings. The summed E-state index contributed by atoms with van der Waals surface area (Å²) >= 11 is 0. The summed E-state index contributed by atoms with van der Waals surface area (Å²) in [5, 5.41) is 4.41. The molecule has 0 unspecified atom stereocenters. The van der Waals surface area contributed by atoms with E-state index in [1.54, 1.807) is 0 Å². The van der Waals surface area contributed by atoms with Crippen molar-refractivity contribution < 1.29 is 8.83 Å². The Morgan fingerprint density at radius 3 is 1.81 bits per heavy atom. The van der Waals surface area contributed by atoms with Gasteiger partial charge in [0, 0.05) is 21.5 Å². The van der Waals surface area contributed by atoms with Crippen LogP contribution in [0.3, 0.4) is 0 Å². The van der Waals surface area contributed by atoms with Gasteiger partial charge in [0.1, 0.15) is 28.2 Å². The van der Waals surface area contributed by atoms with Crippen LogP contribution < -0.4 is 0 Å². The molecule has 0 amide bonds. The van der Waals surface area contributed by atoms with Gasteiger partial charge in [-0.3, -0.25) is 4.57 Å². The summed E-state index contributed by atoms with van der Waals surface area (Å²) in [5.74, 6) is 1.43. The highest BCUT2D eigenvalue weighted by molar-refractivity contribution is 6.11. The average molecular weight is 687 g/mol. The van der Waals surface area contributed by atoms with Crippen LogP contribution in [-0.4, -0.2) is 9.55 Å². The van der Waals surface area contributed by atoms with E-state index in [4.69, 9.17) is 13.8 Å². The third-order valence-corrected chi connectivity index (χ3v) is 10.8. The molecule has 4 nitrogen and oxygen atoms in total. The fraction of sp³-hybridized carbons (Fsp3) is 0.122. The Labute approximate surface area is 307 Å². The molecule has 0 radical (unpaired) electrons. The second-order valence-electron chi connectivity index (χ2n) is 14.7. The van der Waals surface area contributed by atoms with Crippen molar-refractivity contribution in [2.45, 2.75) is 39.5 Å². The minimum Gasteiger partial charge on any atom is -0.456 e. The molecule has 0 aliphatic carbocycles. The number of nitrogens with zero attached hydrogens (tertiary/aromatic N) is 2. The van der Waals surface area contributed by atoms with Gasteiger partial charge in [0.05, 0.1) is 22.3 Å². The van der Waals surface area contributed by atoms with E-state index < -0.39 is 0 Å². The summed E-state index contributed by atoms with van der Waals surface area (Å²) in [5.41, 5.74) is 14.9. The Hall–Kier alpha value is -6.39. The molecule has 0 saturated carbocycles. The molecule has 0 aliphatic heterocycles. The minimum absolute atomic E-state index is 0.277. The Kier molecular flexibility index (Phi) is 7.16. The Morgan fingerprint density at radius 1 is 0.472 bits per heavy atom. The third-order valence-electron chi connectivity index (χ3n) is 10.8. The van der Waals surface area contributed by atoms with Crippen molar-refractivity contribution in [2.75, 3.05) is 0 Å². The van der Waals surface area contributed by atoms with Crippen LogP contribution >= 0.6 is 0 Å². The maximum Gasteiger partial charge on any atom is 0.149 e. The van der Waals surface area contributed by atoms with E-state index in [1.165, 1.54) is 27.9 Å². The maximum atomic E-state index is 6.88. The Morgan fingerprint density at radius 2 is 1.08 bits per heavy atom. The van der Waals surface area contributed by atoms with E-state index in [2.05, 4.69) is 166 Å². The lowest BCUT2D eigenvalue weighted by Gasteiger charge is -2.24. The van der Waals surface area contributed by atoms with E-state index in [9.17, 15) is 0 Å². The molecule has 10 rings (SSSR count). The van der Waals surface area contributed by atoms with E-state index in [1.807, 2.05) is 12.1 Å². The highest BCUT2D eigenvalue weighted by atomic mass is 16.3. The Bertz CT molecular complexity index is 2980. The first-order valence-electron chi connectivity index (χ1n) is 18.5. The molecule has 0 aliphatic rings. The SMILES string of the molecule is CC(C)c1cc(-c2ccccc2)cc(C(C)C)c1-n1c(-c2cccc3c2oc2cc(-c4ccc5c(c4)oc4ccccc45)ccc23)nc2ccccc21. The van der Waals surface area contributed by atoms with E-state index in [0.29, 0.717) is 0 Å². The molecule has 0 spiro atoms. The van der Waals surface area contributed by atoms with Crippen LogP contribution in [0.25, 0.3) is 94.2 Å². The highest BCUT2D eigenvalue weighted by Gasteiger charge is 2.25. The molecule has 256 valence electrons. The van der Waals surface area contributed by atoms with Crippen molar-refractivity contribution in [1.82, 2.24) is 9.55 Å². The van der Waals surface area contributed by atoms with Crippen molar-refractivity contribution in [3.8, 4) is 39.3 Å². The summed E-state index contributed by atoms with van der Waals surface area (Å²) < 4.78 is 15.5. The van der Waals surface area contributed by atoms with Gasteiger partial charge in [-0.1, -0.05) is 113 Å². The zero-order chi connectivity index (χ0) is 35.8. The van der Waals surface area contributed by atoms with E-state index in [-0.39, 0.29) is 11.8 Å². The van der Waals surface area contributed by atoms with Crippen molar-refractivity contribution in [1.29, 1.82) is 0 Å². The molecule has 3 aromatic heterocycles. The van der Waals surface area contributed by atoms with Crippen molar-refractivity contribution in [2.24, 2.45) is 0 Å². The van der Waals surface area contributed by atoms with Crippen LogP contribution in [-0.2, 0) is 0 Å². The number of para-hydroxylation sites is 4. The highest BCUT2D eigenvalue weighted by Crippen LogP contribution is 2.43. The summed E-state index contributed by atoms with van der Waals surface area (Å²) in [4.78, 5) is 5.37. The van der Waals surface area contributed by atoms with Gasteiger partial charge in [-0.15, -0.1) is 0 Å². The summed E-state index contributed by atoms with van der Waals surface area (Å²) in [6.45, 7) is 9.17. The molecular weight excluding hydrogens is 649 g/mol. The van der Waals surface area contributed by atoms with Crippen molar-refractivity contribution >= 4 is 54.9 Å². The van der Waals surface area contributed by atoms with Crippen molar-refractivity contribution in [3.63, 3.8) is 0 Å². The quantitative estimate of drug-likeness (QED) is 0.175. The van der Waals surface area contributed by atoms with Gasteiger partial charge in [0.25, 0.3) is 0 Å². The van der Waals surface area contributed by atoms with Gasteiger partial charge in [0.15, 0.2) is 0 Å². The van der Waals surface area contributed by atoms with E-state index in [0.717, 1.165) is 77.4 Å². The van der Waals surface area contributed by atoms with Crippen LogP contribution in [0.5, 0.6) is 0 Å². The largest absolute Gasteiger partial charge is 0.456 e. The van der Waals surface area contributed by atoms with Gasteiger partial charge >= 0.3 is 0 Å². The van der Waals surface area contributed by atoms with Gasteiger partial charge in [-0.2, -0.15) is 0 Å². The van der Waals surface area contributed by atoms with Gasteiger partial charge < -0.3 is 8.83 Å². The molecule has 3 heterocycles. The molecular formula is C49H38N2O2. The maximum absolute atomic E-state index is 6.88. The monoisotopic (exact) mass is 686 g/mol. The van der Waals surface area contributed by atoms with Gasteiger partial charge in [-0.25, -0.2) is 4.98 Å². The normalized spacial score (nSPS) is 12.1. The molecule has 4 heteroatoms. The van der Waals surface area contributed by atoms with Crippen LogP contribution in [0, 0.1) is 0 Å². The number of imidazole rings is 1. The molecule has 0 fully saturated rings. The topological polar surface area (TPSA) is 44.1 Å². The minimum atomic E-state index is 0.277. The fourth-order valence-corrected chi connectivity index (χ4v) is 8.11. The lowest BCUT2D eigenvalue weighted by molar-refractivity contribution is 0.668. The molecule has 53 heavy (non-hydrogen) atoms. The van der Waals surface area contributed by atoms with Crippen LogP contribution in [0.4, 0.5) is 0 Å². The van der Waals surface area contributed by atoms with Gasteiger partial charge in [-0.05, 0) is 106 Å². The van der Waals surface area contributed by atoms with Crippen LogP contribution in [0.15, 0.2) is 154 Å². The van der Waals surface area contributed by atoms with Gasteiger partial charge in [0.2, 0.25) is 0 Å². The molecule has 7 aromatic carbocycles. The third kappa shape index (κ3) is 5.01. The van der Waals surface area contributed by atoms with Crippen molar-refractivity contribution in [3.05, 3.63) is 157 Å². The first-order valence-corrected chi connectivity index (χ1v) is 18.5. The number of fused-ring (bicyclic) bond motifs is 7. The number of hydrogen-bond acceptors (Lipinski definition) is 3. The van der Waals surface area contributed by atoms with E-state index >= 15 is 0 Å². The summed E-state index contributed by atoms with van der Waals surface area (Å²) in [7, 11) is 0. The number of benzene rings is 7.